The molecule has 0 unspecified atom stereocenters. The molecule has 0 heterocycles. The fraction of sp³-hybridized carbons (Fsp3) is 0.0714. The van der Waals surface area contributed by atoms with Crippen molar-refractivity contribution in [3.05, 3.63) is 53.3 Å². The Morgan fingerprint density at radius 3 is 2.67 bits per heavy atom. The van der Waals surface area contributed by atoms with Gasteiger partial charge < -0.3 is 9.84 Å². The summed E-state index contributed by atoms with van der Waals surface area (Å²) in [5, 5.41) is 18.3. The van der Waals surface area contributed by atoms with Crippen LogP contribution >= 0.6 is 0 Å². The van der Waals surface area contributed by atoms with Gasteiger partial charge in [-0.05, 0) is 42.8 Å². The van der Waals surface area contributed by atoms with Gasteiger partial charge in [0.15, 0.2) is 0 Å². The molecule has 2 aromatic rings. The highest BCUT2D eigenvalue weighted by atomic mass is 19.1. The zero-order valence-corrected chi connectivity index (χ0v) is 9.64. The van der Waals surface area contributed by atoms with Gasteiger partial charge in [0.1, 0.15) is 29.1 Å². The van der Waals surface area contributed by atoms with E-state index in [0.717, 1.165) is 11.6 Å². The zero-order chi connectivity index (χ0) is 13.1. The first kappa shape index (κ1) is 11.9. The zero-order valence-electron chi connectivity index (χ0n) is 9.64. The molecule has 0 aliphatic carbocycles. The molecule has 4 heteroatoms. The topological polar surface area (TPSA) is 53.2 Å². The minimum absolute atomic E-state index is 0.0746. The van der Waals surface area contributed by atoms with E-state index in [1.165, 1.54) is 18.2 Å². The molecule has 90 valence electrons. The van der Waals surface area contributed by atoms with Gasteiger partial charge in [0, 0.05) is 6.07 Å². The van der Waals surface area contributed by atoms with Crippen molar-refractivity contribution >= 4 is 0 Å². The number of hydrogen-bond donors (Lipinski definition) is 1. The summed E-state index contributed by atoms with van der Waals surface area (Å²) in [6.45, 7) is 1.81. The average Bonchev–Trinajstić information content (AvgIpc) is 2.30. The number of nitrogens with zero attached hydrogens (tertiary/aromatic N) is 1. The minimum atomic E-state index is -0.494. The summed E-state index contributed by atoms with van der Waals surface area (Å²) >= 11 is 0. The molecule has 0 saturated heterocycles. The van der Waals surface area contributed by atoms with Crippen LogP contribution in [0.5, 0.6) is 17.2 Å². The molecule has 0 bridgehead atoms. The summed E-state index contributed by atoms with van der Waals surface area (Å²) < 4.78 is 18.4. The third-order valence-electron chi connectivity index (χ3n) is 2.33. The SMILES string of the molecule is Cc1cc(O)cc(Oc2ccc(F)cc2C#N)c1. The van der Waals surface area contributed by atoms with Crippen LogP contribution in [0.3, 0.4) is 0 Å². The molecule has 0 fully saturated rings. The van der Waals surface area contributed by atoms with Crippen molar-refractivity contribution in [3.8, 4) is 23.3 Å². The third kappa shape index (κ3) is 2.58. The average molecular weight is 243 g/mol. The van der Waals surface area contributed by atoms with Crippen molar-refractivity contribution in [2.24, 2.45) is 0 Å². The first-order valence-electron chi connectivity index (χ1n) is 5.26. The van der Waals surface area contributed by atoms with E-state index in [2.05, 4.69) is 0 Å². The molecule has 0 aliphatic heterocycles. The van der Waals surface area contributed by atoms with E-state index in [0.29, 0.717) is 5.75 Å². The first-order chi connectivity index (χ1) is 8.58. The largest absolute Gasteiger partial charge is 0.508 e. The van der Waals surface area contributed by atoms with Crippen LogP contribution in [-0.4, -0.2) is 5.11 Å². The van der Waals surface area contributed by atoms with Gasteiger partial charge in [0.25, 0.3) is 0 Å². The number of ether oxygens (including phenoxy) is 1. The fourth-order valence-electron chi connectivity index (χ4n) is 1.59. The van der Waals surface area contributed by atoms with Gasteiger partial charge in [-0.25, -0.2) is 4.39 Å². The number of benzene rings is 2. The molecule has 1 N–H and O–H groups in total. The van der Waals surface area contributed by atoms with E-state index in [4.69, 9.17) is 10.00 Å². The number of halogens is 1. The molecule has 0 aromatic heterocycles. The summed E-state index contributed by atoms with van der Waals surface area (Å²) in [7, 11) is 0. The molecule has 3 nitrogen and oxygen atoms in total. The lowest BCUT2D eigenvalue weighted by molar-refractivity contribution is 0.453. The normalized spacial score (nSPS) is 9.83. The highest BCUT2D eigenvalue weighted by Gasteiger charge is 2.07. The Hall–Kier alpha value is -2.54. The maximum atomic E-state index is 13.0. The van der Waals surface area contributed by atoms with Crippen molar-refractivity contribution in [1.29, 1.82) is 5.26 Å². The number of hydrogen-bond acceptors (Lipinski definition) is 3. The summed E-state index contributed by atoms with van der Waals surface area (Å²) in [6, 6.07) is 10.3. The molecule has 2 rings (SSSR count). The Morgan fingerprint density at radius 2 is 2.00 bits per heavy atom. The quantitative estimate of drug-likeness (QED) is 0.878. The molecule has 0 amide bonds. The van der Waals surface area contributed by atoms with Crippen molar-refractivity contribution in [2.75, 3.05) is 0 Å². The highest BCUT2D eigenvalue weighted by Crippen LogP contribution is 2.28. The second-order valence-electron chi connectivity index (χ2n) is 3.86. The monoisotopic (exact) mass is 243 g/mol. The number of nitriles is 1. The number of rotatable bonds is 2. The Morgan fingerprint density at radius 1 is 1.22 bits per heavy atom. The van der Waals surface area contributed by atoms with E-state index in [9.17, 15) is 9.50 Å². The maximum absolute atomic E-state index is 13.0. The number of aromatic hydroxyl groups is 1. The van der Waals surface area contributed by atoms with Gasteiger partial charge in [0.2, 0.25) is 0 Å². The van der Waals surface area contributed by atoms with Gasteiger partial charge in [-0.15, -0.1) is 0 Å². The van der Waals surface area contributed by atoms with Crippen LogP contribution < -0.4 is 4.74 Å². The molecule has 0 saturated carbocycles. The van der Waals surface area contributed by atoms with Crippen LogP contribution in [0.2, 0.25) is 0 Å². The van der Waals surface area contributed by atoms with Crippen LogP contribution in [0.1, 0.15) is 11.1 Å². The van der Waals surface area contributed by atoms with Gasteiger partial charge >= 0.3 is 0 Å². The van der Waals surface area contributed by atoms with Crippen molar-refractivity contribution in [1.82, 2.24) is 0 Å². The number of phenolic OH excluding ortho intramolecular Hbond substituents is 1. The van der Waals surface area contributed by atoms with Crippen LogP contribution in [0.25, 0.3) is 0 Å². The van der Waals surface area contributed by atoms with Gasteiger partial charge in [-0.2, -0.15) is 5.26 Å². The first-order valence-corrected chi connectivity index (χ1v) is 5.26. The molecular weight excluding hydrogens is 233 g/mol. The summed E-state index contributed by atoms with van der Waals surface area (Å²) in [5.74, 6) is 0.233. The highest BCUT2D eigenvalue weighted by molar-refractivity contribution is 5.47. The number of phenols is 1. The molecule has 0 spiro atoms. The fourth-order valence-corrected chi connectivity index (χ4v) is 1.59. The Kier molecular flexibility index (Phi) is 3.16. The van der Waals surface area contributed by atoms with Gasteiger partial charge in [-0.3, -0.25) is 0 Å². The summed E-state index contributed by atoms with van der Waals surface area (Å²) in [6.07, 6.45) is 0. The second-order valence-corrected chi connectivity index (χ2v) is 3.86. The molecule has 0 atom stereocenters. The molecule has 0 aliphatic rings. The lowest BCUT2D eigenvalue weighted by Gasteiger charge is -2.08. The standard InChI is InChI=1S/C14H10FNO2/c1-9-4-12(17)7-13(5-9)18-14-3-2-11(15)6-10(14)8-16/h2-7,17H,1H3. The van der Waals surface area contributed by atoms with E-state index in [1.54, 1.807) is 12.1 Å². The summed E-state index contributed by atoms with van der Waals surface area (Å²) in [5.41, 5.74) is 0.932. The van der Waals surface area contributed by atoms with Gasteiger partial charge in [-0.1, -0.05) is 0 Å². The van der Waals surface area contributed by atoms with E-state index >= 15 is 0 Å². The summed E-state index contributed by atoms with van der Waals surface area (Å²) in [4.78, 5) is 0. The van der Waals surface area contributed by atoms with Crippen molar-refractivity contribution < 1.29 is 14.2 Å². The predicted octanol–water partition coefficient (Wildman–Crippen LogP) is 3.50. The Bertz CT molecular complexity index is 612. The molecular formula is C14H10FNO2. The Balaban J connectivity index is 2.37. The molecule has 2 aromatic carbocycles. The van der Waals surface area contributed by atoms with Crippen LogP contribution in [-0.2, 0) is 0 Å². The number of aryl methyl sites for hydroxylation is 1. The minimum Gasteiger partial charge on any atom is -0.508 e. The van der Waals surface area contributed by atoms with E-state index < -0.39 is 5.82 Å². The Labute approximate surface area is 104 Å². The molecule has 0 radical (unpaired) electrons. The molecule has 18 heavy (non-hydrogen) atoms. The second kappa shape index (κ2) is 4.76. The van der Waals surface area contributed by atoms with E-state index in [1.807, 2.05) is 13.0 Å². The lowest BCUT2D eigenvalue weighted by Crippen LogP contribution is -1.90. The van der Waals surface area contributed by atoms with Crippen molar-refractivity contribution in [3.63, 3.8) is 0 Å². The van der Waals surface area contributed by atoms with Crippen molar-refractivity contribution in [2.45, 2.75) is 6.92 Å². The lowest BCUT2D eigenvalue weighted by atomic mass is 10.2. The van der Waals surface area contributed by atoms with Crippen LogP contribution in [0, 0.1) is 24.1 Å². The van der Waals surface area contributed by atoms with E-state index in [-0.39, 0.29) is 17.1 Å². The van der Waals surface area contributed by atoms with Crippen LogP contribution in [0.15, 0.2) is 36.4 Å². The smallest absolute Gasteiger partial charge is 0.145 e. The predicted molar refractivity (Wildman–Crippen MR) is 64.0 cm³/mol. The third-order valence-corrected chi connectivity index (χ3v) is 2.33. The van der Waals surface area contributed by atoms with Crippen LogP contribution in [0.4, 0.5) is 4.39 Å². The van der Waals surface area contributed by atoms with Gasteiger partial charge in [0.05, 0.1) is 5.56 Å². The maximum Gasteiger partial charge on any atom is 0.145 e.